The topological polar surface area (TPSA) is 45.1 Å². The number of fused-ring (bicyclic) bond motifs is 1. The van der Waals surface area contributed by atoms with Crippen molar-refractivity contribution in [2.75, 3.05) is 11.9 Å². The molecule has 0 amide bonds. The maximum Gasteiger partial charge on any atom is 0.126 e. The molecule has 0 radical (unpaired) electrons. The molecule has 1 atom stereocenters. The summed E-state index contributed by atoms with van der Waals surface area (Å²) in [5.41, 5.74) is 3.02. The number of para-hydroxylation sites is 1. The summed E-state index contributed by atoms with van der Waals surface area (Å²) < 4.78 is 0. The van der Waals surface area contributed by atoms with Gasteiger partial charge in [-0.25, -0.2) is 4.98 Å². The summed E-state index contributed by atoms with van der Waals surface area (Å²) in [4.78, 5) is 4.54. The summed E-state index contributed by atoms with van der Waals surface area (Å²) in [6.07, 6.45) is -0.543. The third kappa shape index (κ3) is 3.20. The van der Waals surface area contributed by atoms with E-state index in [1.54, 1.807) is 0 Å². The van der Waals surface area contributed by atoms with Crippen molar-refractivity contribution in [3.05, 3.63) is 71.8 Å². The molecule has 0 aliphatic heterocycles. The van der Waals surface area contributed by atoms with E-state index >= 15 is 0 Å². The van der Waals surface area contributed by atoms with Gasteiger partial charge in [-0.05, 0) is 30.7 Å². The Morgan fingerprint density at radius 1 is 1.05 bits per heavy atom. The summed E-state index contributed by atoms with van der Waals surface area (Å²) in [7, 11) is 0. The molecule has 3 aromatic rings. The van der Waals surface area contributed by atoms with Gasteiger partial charge in [-0.1, -0.05) is 48.0 Å². The third-order valence-electron chi connectivity index (χ3n) is 3.50. The van der Waals surface area contributed by atoms with Crippen LogP contribution in [0.3, 0.4) is 0 Å². The van der Waals surface area contributed by atoms with Crippen molar-refractivity contribution in [1.29, 1.82) is 0 Å². The number of nitrogens with one attached hydrogen (secondary N) is 1. The Kier molecular flexibility index (Phi) is 3.84. The molecule has 3 rings (SSSR count). The minimum atomic E-state index is -0.543. The summed E-state index contributed by atoms with van der Waals surface area (Å²) in [6, 6.07) is 19.9. The molecule has 21 heavy (non-hydrogen) atoms. The van der Waals surface area contributed by atoms with Crippen molar-refractivity contribution in [2.45, 2.75) is 13.0 Å². The zero-order chi connectivity index (χ0) is 14.7. The largest absolute Gasteiger partial charge is 0.387 e. The number of aryl methyl sites for hydroxylation is 1. The standard InChI is InChI=1S/C18H18N2O/c1-13-5-4-7-15(11-13)17(21)12-19-18-10-9-14-6-2-3-8-16(14)20-18/h2-11,17,21H,12H2,1H3,(H,19,20). The Hall–Kier alpha value is -2.39. The van der Waals surface area contributed by atoms with Crippen molar-refractivity contribution in [3.8, 4) is 0 Å². The number of aliphatic hydroxyl groups is 1. The number of anilines is 1. The van der Waals surface area contributed by atoms with Gasteiger partial charge >= 0.3 is 0 Å². The lowest BCUT2D eigenvalue weighted by Crippen LogP contribution is -2.13. The molecule has 0 saturated carbocycles. The number of benzene rings is 2. The first-order chi connectivity index (χ1) is 10.2. The normalized spacial score (nSPS) is 12.3. The van der Waals surface area contributed by atoms with Crippen LogP contribution in [0.2, 0.25) is 0 Å². The number of aliphatic hydroxyl groups excluding tert-OH is 1. The number of rotatable bonds is 4. The van der Waals surface area contributed by atoms with Crippen molar-refractivity contribution in [2.24, 2.45) is 0 Å². The minimum Gasteiger partial charge on any atom is -0.387 e. The Morgan fingerprint density at radius 3 is 2.76 bits per heavy atom. The van der Waals surface area contributed by atoms with Crippen LogP contribution in [0.15, 0.2) is 60.7 Å². The van der Waals surface area contributed by atoms with E-state index in [9.17, 15) is 5.11 Å². The molecule has 0 fully saturated rings. The van der Waals surface area contributed by atoms with Gasteiger partial charge in [-0.15, -0.1) is 0 Å². The first-order valence-electron chi connectivity index (χ1n) is 7.07. The summed E-state index contributed by atoms with van der Waals surface area (Å²) in [6.45, 7) is 2.46. The van der Waals surface area contributed by atoms with E-state index in [-0.39, 0.29) is 0 Å². The predicted octanol–water partition coefficient (Wildman–Crippen LogP) is 3.69. The molecular formula is C18H18N2O. The lowest BCUT2D eigenvalue weighted by Gasteiger charge is -2.13. The monoisotopic (exact) mass is 278 g/mol. The second kappa shape index (κ2) is 5.94. The van der Waals surface area contributed by atoms with Gasteiger partial charge in [0.2, 0.25) is 0 Å². The second-order valence-corrected chi connectivity index (χ2v) is 5.20. The van der Waals surface area contributed by atoms with E-state index < -0.39 is 6.10 Å². The predicted molar refractivity (Wildman–Crippen MR) is 86.4 cm³/mol. The number of nitrogens with zero attached hydrogens (tertiary/aromatic N) is 1. The fraction of sp³-hybridized carbons (Fsp3) is 0.167. The SMILES string of the molecule is Cc1cccc(C(O)CNc2ccc3ccccc3n2)c1. The van der Waals surface area contributed by atoms with Gasteiger partial charge in [0.25, 0.3) is 0 Å². The highest BCUT2D eigenvalue weighted by Gasteiger charge is 2.07. The van der Waals surface area contributed by atoms with Crippen LogP contribution in [0.5, 0.6) is 0 Å². The molecule has 0 saturated heterocycles. The average Bonchev–Trinajstić information content (AvgIpc) is 2.52. The van der Waals surface area contributed by atoms with E-state index in [4.69, 9.17) is 0 Å². The fourth-order valence-corrected chi connectivity index (χ4v) is 2.36. The molecule has 3 heteroatoms. The Morgan fingerprint density at radius 2 is 1.90 bits per heavy atom. The molecule has 1 aromatic heterocycles. The first kappa shape index (κ1) is 13.6. The van der Waals surface area contributed by atoms with Gasteiger partial charge in [0, 0.05) is 11.9 Å². The van der Waals surface area contributed by atoms with E-state index in [1.165, 1.54) is 0 Å². The lowest BCUT2D eigenvalue weighted by atomic mass is 10.1. The molecule has 0 aliphatic rings. The van der Waals surface area contributed by atoms with Gasteiger partial charge in [0.1, 0.15) is 5.82 Å². The van der Waals surface area contributed by atoms with E-state index in [0.29, 0.717) is 6.54 Å². The summed E-state index contributed by atoms with van der Waals surface area (Å²) >= 11 is 0. The maximum absolute atomic E-state index is 10.2. The van der Waals surface area contributed by atoms with Crippen molar-refractivity contribution >= 4 is 16.7 Å². The lowest BCUT2D eigenvalue weighted by molar-refractivity contribution is 0.191. The first-order valence-corrected chi connectivity index (χ1v) is 7.07. The molecule has 3 nitrogen and oxygen atoms in total. The number of hydrogen-bond acceptors (Lipinski definition) is 3. The number of hydrogen-bond donors (Lipinski definition) is 2. The third-order valence-corrected chi connectivity index (χ3v) is 3.50. The van der Waals surface area contributed by atoms with E-state index in [0.717, 1.165) is 27.8 Å². The summed E-state index contributed by atoms with van der Waals surface area (Å²) in [5, 5.41) is 14.5. The van der Waals surface area contributed by atoms with Crippen LogP contribution in [-0.2, 0) is 0 Å². The highest BCUT2D eigenvalue weighted by atomic mass is 16.3. The molecule has 1 heterocycles. The van der Waals surface area contributed by atoms with Crippen molar-refractivity contribution in [3.63, 3.8) is 0 Å². The molecule has 2 N–H and O–H groups in total. The van der Waals surface area contributed by atoms with Crippen LogP contribution in [-0.4, -0.2) is 16.6 Å². The molecule has 1 unspecified atom stereocenters. The zero-order valence-corrected chi connectivity index (χ0v) is 12.0. The average molecular weight is 278 g/mol. The van der Waals surface area contributed by atoms with Crippen LogP contribution < -0.4 is 5.32 Å². The van der Waals surface area contributed by atoms with Gasteiger partial charge < -0.3 is 10.4 Å². The van der Waals surface area contributed by atoms with Gasteiger partial charge in [0.15, 0.2) is 0 Å². The Balaban J connectivity index is 1.71. The molecule has 0 aliphatic carbocycles. The van der Waals surface area contributed by atoms with Gasteiger partial charge in [0.05, 0.1) is 11.6 Å². The minimum absolute atomic E-state index is 0.439. The number of pyridine rings is 1. The Labute approximate surface area is 124 Å². The quantitative estimate of drug-likeness (QED) is 0.765. The fourth-order valence-electron chi connectivity index (χ4n) is 2.36. The van der Waals surface area contributed by atoms with Crippen molar-refractivity contribution in [1.82, 2.24) is 4.98 Å². The van der Waals surface area contributed by atoms with Crippen LogP contribution in [0, 0.1) is 6.92 Å². The van der Waals surface area contributed by atoms with Crippen molar-refractivity contribution < 1.29 is 5.11 Å². The highest BCUT2D eigenvalue weighted by Crippen LogP contribution is 2.17. The number of aromatic nitrogens is 1. The summed E-state index contributed by atoms with van der Waals surface area (Å²) in [5.74, 6) is 0.778. The van der Waals surface area contributed by atoms with E-state index in [2.05, 4.69) is 10.3 Å². The second-order valence-electron chi connectivity index (χ2n) is 5.20. The molecule has 2 aromatic carbocycles. The maximum atomic E-state index is 10.2. The van der Waals surface area contributed by atoms with E-state index in [1.807, 2.05) is 67.6 Å². The zero-order valence-electron chi connectivity index (χ0n) is 12.0. The molecule has 0 bridgehead atoms. The molecule has 0 spiro atoms. The smallest absolute Gasteiger partial charge is 0.126 e. The van der Waals surface area contributed by atoms with Gasteiger partial charge in [-0.3, -0.25) is 0 Å². The Bertz CT molecular complexity index is 755. The van der Waals surface area contributed by atoms with Crippen LogP contribution in [0.1, 0.15) is 17.2 Å². The highest BCUT2D eigenvalue weighted by molar-refractivity contribution is 5.80. The van der Waals surface area contributed by atoms with Gasteiger partial charge in [-0.2, -0.15) is 0 Å². The van der Waals surface area contributed by atoms with Crippen LogP contribution in [0.4, 0.5) is 5.82 Å². The van der Waals surface area contributed by atoms with Crippen LogP contribution in [0.25, 0.3) is 10.9 Å². The van der Waals surface area contributed by atoms with Crippen LogP contribution >= 0.6 is 0 Å². The molecular weight excluding hydrogens is 260 g/mol. The molecule has 106 valence electrons.